The Kier molecular flexibility index (Phi) is 8.99. The van der Waals surface area contributed by atoms with Crippen molar-refractivity contribution in [3.8, 4) is 0 Å². The second kappa shape index (κ2) is 8.85. The Labute approximate surface area is 150 Å². The van der Waals surface area contributed by atoms with Crippen molar-refractivity contribution in [3.05, 3.63) is 11.9 Å². The number of esters is 1. The van der Waals surface area contributed by atoms with Crippen LogP contribution in [0.2, 0.25) is 0 Å². The molecule has 122 valence electrons. The highest BCUT2D eigenvalue weighted by Crippen LogP contribution is 2.27. The van der Waals surface area contributed by atoms with E-state index < -0.39 is 31.3 Å². The van der Waals surface area contributed by atoms with Gasteiger partial charge in [0.25, 0.3) is 13.5 Å². The van der Waals surface area contributed by atoms with Gasteiger partial charge in [-0.1, -0.05) is 69.6 Å². The standard InChI is InChI=1S/C10H10Cl6FNO3/c1-5(18-7(19)9(11,12)13)6(17)3-2-4-21-8(20)10(14,15)16/h3,5H,2,4H2,1H3,(H,18,19)/b6-3+. The van der Waals surface area contributed by atoms with Crippen molar-refractivity contribution in [1.82, 2.24) is 5.32 Å². The van der Waals surface area contributed by atoms with Gasteiger partial charge >= 0.3 is 5.97 Å². The highest BCUT2D eigenvalue weighted by atomic mass is 35.6. The molecule has 0 heterocycles. The van der Waals surface area contributed by atoms with Crippen LogP contribution in [0.25, 0.3) is 0 Å². The van der Waals surface area contributed by atoms with Crippen LogP contribution in [0.3, 0.4) is 0 Å². The normalized spacial score (nSPS) is 14.6. The van der Waals surface area contributed by atoms with E-state index in [1.807, 2.05) is 0 Å². The average Bonchev–Trinajstić information content (AvgIpc) is 2.31. The Morgan fingerprint density at radius 1 is 1.19 bits per heavy atom. The fourth-order valence-corrected chi connectivity index (χ4v) is 1.28. The molecule has 1 atom stereocenters. The van der Waals surface area contributed by atoms with Crippen molar-refractivity contribution in [2.75, 3.05) is 6.61 Å². The molecule has 4 nitrogen and oxygen atoms in total. The van der Waals surface area contributed by atoms with Crippen LogP contribution in [0, 0.1) is 0 Å². The molecule has 21 heavy (non-hydrogen) atoms. The van der Waals surface area contributed by atoms with E-state index in [-0.39, 0.29) is 13.0 Å². The van der Waals surface area contributed by atoms with E-state index >= 15 is 0 Å². The van der Waals surface area contributed by atoms with Gasteiger partial charge in [0, 0.05) is 6.42 Å². The van der Waals surface area contributed by atoms with Gasteiger partial charge in [0.2, 0.25) is 0 Å². The maximum atomic E-state index is 13.6. The molecule has 0 saturated carbocycles. The van der Waals surface area contributed by atoms with Gasteiger partial charge in [-0.3, -0.25) is 4.79 Å². The van der Waals surface area contributed by atoms with Crippen molar-refractivity contribution >= 4 is 81.5 Å². The summed E-state index contributed by atoms with van der Waals surface area (Å²) in [6, 6.07) is -1.02. The second-order valence-corrected chi connectivity index (χ2v) is 8.27. The molecule has 0 saturated heterocycles. The smallest absolute Gasteiger partial charge is 0.358 e. The molecule has 0 aromatic carbocycles. The van der Waals surface area contributed by atoms with E-state index in [2.05, 4.69) is 10.1 Å². The molecule has 11 heteroatoms. The molecule has 0 aliphatic heterocycles. The number of rotatable bonds is 5. The van der Waals surface area contributed by atoms with Crippen LogP contribution in [-0.2, 0) is 14.3 Å². The first-order chi connectivity index (χ1) is 9.35. The molecule has 0 rings (SSSR count). The first kappa shape index (κ1) is 21.4. The van der Waals surface area contributed by atoms with Crippen LogP contribution >= 0.6 is 69.6 Å². The molecular formula is C10H10Cl6FNO3. The zero-order valence-electron chi connectivity index (χ0n) is 10.4. The zero-order valence-corrected chi connectivity index (χ0v) is 15.0. The van der Waals surface area contributed by atoms with Crippen LogP contribution < -0.4 is 5.32 Å². The maximum absolute atomic E-state index is 13.6. The lowest BCUT2D eigenvalue weighted by Gasteiger charge is -2.16. The van der Waals surface area contributed by atoms with E-state index in [9.17, 15) is 14.0 Å². The molecular weight excluding hydrogens is 414 g/mol. The number of carbonyl (C=O) groups is 2. The first-order valence-electron chi connectivity index (χ1n) is 5.33. The number of hydrogen-bond donors (Lipinski definition) is 1. The molecule has 0 bridgehead atoms. The summed E-state index contributed by atoms with van der Waals surface area (Å²) in [5.74, 6) is -2.74. The molecule has 0 spiro atoms. The second-order valence-electron chi connectivity index (χ2n) is 3.70. The molecule has 1 amide bonds. The molecule has 0 aromatic heterocycles. The number of halogens is 7. The van der Waals surface area contributed by atoms with E-state index in [4.69, 9.17) is 69.6 Å². The summed E-state index contributed by atoms with van der Waals surface area (Å²) >= 11 is 31.7. The first-order valence-corrected chi connectivity index (χ1v) is 7.59. The quantitative estimate of drug-likeness (QED) is 0.413. The fraction of sp³-hybridized carbons (Fsp3) is 0.600. The van der Waals surface area contributed by atoms with Crippen LogP contribution in [0.15, 0.2) is 11.9 Å². The third kappa shape index (κ3) is 9.16. The van der Waals surface area contributed by atoms with Gasteiger partial charge in [-0.05, 0) is 13.0 Å². The summed E-state index contributed by atoms with van der Waals surface area (Å²) in [5.41, 5.74) is 0. The Bertz CT molecular complexity index is 418. The summed E-state index contributed by atoms with van der Waals surface area (Å²) in [6.07, 6.45) is 1.08. The lowest BCUT2D eigenvalue weighted by molar-refractivity contribution is -0.142. The number of ether oxygens (including phenoxy) is 1. The highest BCUT2D eigenvalue weighted by molar-refractivity contribution is 6.76. The Morgan fingerprint density at radius 2 is 1.71 bits per heavy atom. The summed E-state index contributed by atoms with van der Waals surface area (Å²) in [4.78, 5) is 22.4. The third-order valence-electron chi connectivity index (χ3n) is 1.94. The lowest BCUT2D eigenvalue weighted by atomic mass is 10.2. The van der Waals surface area contributed by atoms with Crippen LogP contribution in [0.4, 0.5) is 4.39 Å². The average molecular weight is 424 g/mol. The van der Waals surface area contributed by atoms with Crippen molar-refractivity contribution in [3.63, 3.8) is 0 Å². The molecule has 0 aliphatic carbocycles. The Balaban J connectivity index is 4.25. The van der Waals surface area contributed by atoms with Gasteiger partial charge in [-0.25, -0.2) is 9.18 Å². The lowest BCUT2D eigenvalue weighted by Crippen LogP contribution is -2.40. The number of carbonyl (C=O) groups excluding carboxylic acids is 2. The van der Waals surface area contributed by atoms with Crippen molar-refractivity contribution < 1.29 is 18.7 Å². The minimum absolute atomic E-state index is 0.00625. The summed E-state index contributed by atoms with van der Waals surface area (Å²) in [7, 11) is 0. The van der Waals surface area contributed by atoms with E-state index in [0.717, 1.165) is 6.08 Å². The summed E-state index contributed by atoms with van der Waals surface area (Å²) < 4.78 is 13.8. The predicted molar refractivity (Wildman–Crippen MR) is 83.0 cm³/mol. The van der Waals surface area contributed by atoms with E-state index in [1.54, 1.807) is 0 Å². The van der Waals surface area contributed by atoms with Gasteiger partial charge < -0.3 is 10.1 Å². The predicted octanol–water partition coefficient (Wildman–Crippen LogP) is 4.02. The van der Waals surface area contributed by atoms with Crippen LogP contribution in [-0.4, -0.2) is 32.1 Å². The molecule has 0 radical (unpaired) electrons. The topological polar surface area (TPSA) is 55.4 Å². The van der Waals surface area contributed by atoms with Gasteiger partial charge in [-0.2, -0.15) is 0 Å². The number of hydrogen-bond acceptors (Lipinski definition) is 3. The Morgan fingerprint density at radius 3 is 2.14 bits per heavy atom. The monoisotopic (exact) mass is 421 g/mol. The van der Waals surface area contributed by atoms with Gasteiger partial charge in [-0.15, -0.1) is 0 Å². The van der Waals surface area contributed by atoms with Crippen molar-refractivity contribution in [2.24, 2.45) is 0 Å². The van der Waals surface area contributed by atoms with Gasteiger partial charge in [0.05, 0.1) is 12.6 Å². The molecule has 0 aliphatic rings. The number of alkyl halides is 6. The van der Waals surface area contributed by atoms with Crippen molar-refractivity contribution in [1.29, 1.82) is 0 Å². The van der Waals surface area contributed by atoms with Gasteiger partial charge in [0.15, 0.2) is 0 Å². The summed E-state index contributed by atoms with van der Waals surface area (Å²) in [6.45, 7) is 1.14. The molecule has 0 aromatic rings. The maximum Gasteiger partial charge on any atom is 0.358 e. The van der Waals surface area contributed by atoms with Gasteiger partial charge in [0.1, 0.15) is 5.83 Å². The molecule has 1 N–H and O–H groups in total. The van der Waals surface area contributed by atoms with E-state index in [1.165, 1.54) is 6.92 Å². The van der Waals surface area contributed by atoms with E-state index in [0.29, 0.717) is 0 Å². The largest absolute Gasteiger partial charge is 0.462 e. The summed E-state index contributed by atoms with van der Waals surface area (Å²) in [5, 5.41) is 2.14. The highest BCUT2D eigenvalue weighted by Gasteiger charge is 2.33. The SMILES string of the molecule is CC(NC(=O)C(Cl)(Cl)Cl)/C(F)=C\CCOC(=O)C(Cl)(Cl)Cl. The van der Waals surface area contributed by atoms with Crippen LogP contribution in [0.5, 0.6) is 0 Å². The molecule has 0 fully saturated rings. The fourth-order valence-electron chi connectivity index (χ4n) is 0.954. The minimum atomic E-state index is -2.19. The van der Waals surface area contributed by atoms with Crippen molar-refractivity contribution in [2.45, 2.75) is 27.0 Å². The minimum Gasteiger partial charge on any atom is -0.462 e. The zero-order chi connectivity index (χ0) is 16.8. The number of nitrogens with one attached hydrogen (secondary N) is 1. The number of amides is 1. The molecule has 1 unspecified atom stereocenters. The van der Waals surface area contributed by atoms with Crippen LogP contribution in [0.1, 0.15) is 13.3 Å². The third-order valence-corrected chi connectivity index (χ3v) is 2.92. The Hall–Kier alpha value is 0.350.